The molecule has 0 saturated carbocycles. The van der Waals surface area contributed by atoms with E-state index in [2.05, 4.69) is 97.1 Å². The molecule has 1 N–H and O–H groups in total. The lowest BCUT2D eigenvalue weighted by Crippen LogP contribution is -2.66. The number of benzene rings is 3. The van der Waals surface area contributed by atoms with Gasteiger partial charge in [-0.2, -0.15) is 0 Å². The van der Waals surface area contributed by atoms with Gasteiger partial charge in [0.2, 0.25) is 0 Å². The number of aliphatic hydroxyl groups is 1. The maximum absolute atomic E-state index is 10.5. The van der Waals surface area contributed by atoms with Gasteiger partial charge in [0.15, 0.2) is 0 Å². The number of aliphatic hydroxyl groups excluding tert-OH is 1. The van der Waals surface area contributed by atoms with Crippen LogP contribution in [0.1, 0.15) is 32.8 Å². The second-order valence-corrected chi connectivity index (χ2v) is 13.8. The van der Waals surface area contributed by atoms with Gasteiger partial charge < -0.3 is 9.53 Å². The van der Waals surface area contributed by atoms with Gasteiger partial charge in [0, 0.05) is 23.1 Å². The minimum atomic E-state index is -2.58. The van der Waals surface area contributed by atoms with E-state index in [1.165, 1.54) is 10.4 Å². The molecule has 3 aromatic rings. The van der Waals surface area contributed by atoms with Crippen molar-refractivity contribution in [3.63, 3.8) is 0 Å². The van der Waals surface area contributed by atoms with Crippen LogP contribution in [0.15, 0.2) is 89.4 Å². The molecule has 0 bridgehead atoms. The third-order valence-corrected chi connectivity index (χ3v) is 10.9. The van der Waals surface area contributed by atoms with Crippen LogP contribution in [0.25, 0.3) is 0 Å². The minimum Gasteiger partial charge on any atom is -0.407 e. The van der Waals surface area contributed by atoms with Crippen molar-refractivity contribution in [3.05, 3.63) is 95.0 Å². The molecule has 3 rings (SSSR count). The molecule has 0 aromatic heterocycles. The number of rotatable bonds is 6. The van der Waals surface area contributed by atoms with Crippen molar-refractivity contribution in [1.82, 2.24) is 0 Å². The van der Waals surface area contributed by atoms with Gasteiger partial charge >= 0.3 is 0 Å². The standard InChI is InChI=1S/C27H29BrO2Si/c1-27(2,3)31(25-13-6-4-7-14-25,26-15-8-5-9-16-26)30-20-19-24(29)18-17-22-11-10-12-23(28)21-22/h4-16,21,24,29H,19-20H2,1-3H3. The second kappa shape index (κ2) is 10.4. The zero-order valence-corrected chi connectivity index (χ0v) is 20.9. The molecule has 0 aliphatic heterocycles. The van der Waals surface area contributed by atoms with Gasteiger partial charge in [-0.1, -0.05) is 115 Å². The summed E-state index contributed by atoms with van der Waals surface area (Å²) >= 11 is 3.45. The molecule has 0 aliphatic carbocycles. The van der Waals surface area contributed by atoms with Gasteiger partial charge in [-0.15, -0.1) is 0 Å². The van der Waals surface area contributed by atoms with Crippen LogP contribution in [0.3, 0.4) is 0 Å². The summed E-state index contributed by atoms with van der Waals surface area (Å²) < 4.78 is 7.79. The van der Waals surface area contributed by atoms with E-state index in [4.69, 9.17) is 4.43 Å². The van der Waals surface area contributed by atoms with Crippen molar-refractivity contribution in [2.45, 2.75) is 38.3 Å². The van der Waals surface area contributed by atoms with Crippen molar-refractivity contribution >= 4 is 34.6 Å². The molecule has 0 saturated heterocycles. The summed E-state index contributed by atoms with van der Waals surface area (Å²) in [5.74, 6) is 6.00. The van der Waals surface area contributed by atoms with Crippen molar-refractivity contribution in [1.29, 1.82) is 0 Å². The fourth-order valence-electron chi connectivity index (χ4n) is 3.89. The van der Waals surface area contributed by atoms with Crippen molar-refractivity contribution in [2.75, 3.05) is 6.61 Å². The maximum Gasteiger partial charge on any atom is 0.261 e. The third kappa shape index (κ3) is 5.75. The molecule has 1 unspecified atom stereocenters. The van der Waals surface area contributed by atoms with Crippen LogP contribution in [0.4, 0.5) is 0 Å². The molecular weight excluding hydrogens is 464 g/mol. The maximum atomic E-state index is 10.5. The van der Waals surface area contributed by atoms with Crippen LogP contribution in [-0.4, -0.2) is 26.1 Å². The Morgan fingerprint density at radius 1 is 0.903 bits per heavy atom. The lowest BCUT2D eigenvalue weighted by molar-refractivity contribution is 0.181. The quantitative estimate of drug-likeness (QED) is 0.381. The Kier molecular flexibility index (Phi) is 7.91. The summed E-state index contributed by atoms with van der Waals surface area (Å²) in [6, 6.07) is 28.9. The average molecular weight is 494 g/mol. The summed E-state index contributed by atoms with van der Waals surface area (Å²) in [4.78, 5) is 0. The van der Waals surface area contributed by atoms with Crippen LogP contribution in [-0.2, 0) is 4.43 Å². The first-order valence-corrected chi connectivity index (χ1v) is 13.2. The minimum absolute atomic E-state index is 0.0807. The highest BCUT2D eigenvalue weighted by molar-refractivity contribution is 9.10. The van der Waals surface area contributed by atoms with Gasteiger partial charge in [-0.25, -0.2) is 0 Å². The van der Waals surface area contributed by atoms with Crippen molar-refractivity contribution < 1.29 is 9.53 Å². The second-order valence-electron chi connectivity index (χ2n) is 8.60. The zero-order valence-electron chi connectivity index (χ0n) is 18.3. The Hall–Kier alpha value is -2.16. The zero-order chi connectivity index (χ0) is 22.3. The molecule has 0 amide bonds. The number of halogens is 1. The van der Waals surface area contributed by atoms with Crippen molar-refractivity contribution in [3.8, 4) is 11.8 Å². The first-order valence-electron chi connectivity index (χ1n) is 10.5. The first-order chi connectivity index (χ1) is 14.8. The summed E-state index contributed by atoms with van der Waals surface area (Å²) in [6.07, 6.45) is -0.275. The van der Waals surface area contributed by atoms with E-state index in [1.54, 1.807) is 0 Å². The first kappa shape index (κ1) is 23.5. The van der Waals surface area contributed by atoms with Gasteiger partial charge in [0.1, 0.15) is 6.10 Å². The summed E-state index contributed by atoms with van der Waals surface area (Å²) in [5, 5.41) is 12.9. The Bertz CT molecular complexity index is 994. The molecule has 31 heavy (non-hydrogen) atoms. The Morgan fingerprint density at radius 2 is 1.48 bits per heavy atom. The predicted molar refractivity (Wildman–Crippen MR) is 135 cm³/mol. The highest BCUT2D eigenvalue weighted by atomic mass is 79.9. The van der Waals surface area contributed by atoms with E-state index in [0.29, 0.717) is 13.0 Å². The topological polar surface area (TPSA) is 29.5 Å². The smallest absolute Gasteiger partial charge is 0.261 e. The third-order valence-electron chi connectivity index (χ3n) is 5.33. The monoisotopic (exact) mass is 492 g/mol. The molecule has 0 radical (unpaired) electrons. The molecular formula is C27H29BrO2Si. The van der Waals surface area contributed by atoms with Crippen LogP contribution < -0.4 is 10.4 Å². The van der Waals surface area contributed by atoms with Crippen LogP contribution in [0.5, 0.6) is 0 Å². The molecule has 1 atom stereocenters. The van der Waals surface area contributed by atoms with Gasteiger partial charge in [0.25, 0.3) is 8.32 Å². The van der Waals surface area contributed by atoms with Crippen LogP contribution in [0, 0.1) is 11.8 Å². The lowest BCUT2D eigenvalue weighted by Gasteiger charge is -2.43. The van der Waals surface area contributed by atoms with Gasteiger partial charge in [-0.3, -0.25) is 0 Å². The van der Waals surface area contributed by atoms with E-state index in [0.717, 1.165) is 10.0 Å². The van der Waals surface area contributed by atoms with Crippen LogP contribution in [0.2, 0.25) is 5.04 Å². The molecule has 4 heteroatoms. The van der Waals surface area contributed by atoms with Gasteiger partial charge in [-0.05, 0) is 33.6 Å². The number of hydrogen-bond acceptors (Lipinski definition) is 2. The molecule has 2 nitrogen and oxygen atoms in total. The SMILES string of the molecule is CC(C)(C)[Si](OCCC(O)C#Cc1cccc(Br)c1)(c1ccccc1)c1ccccc1. The fourth-order valence-corrected chi connectivity index (χ4v) is 8.87. The predicted octanol–water partition coefficient (Wildman–Crippen LogP) is 5.13. The largest absolute Gasteiger partial charge is 0.407 e. The molecule has 0 aliphatic rings. The fraction of sp³-hybridized carbons (Fsp3) is 0.259. The average Bonchev–Trinajstić information content (AvgIpc) is 2.76. The number of hydrogen-bond donors (Lipinski definition) is 1. The van der Waals surface area contributed by atoms with Crippen molar-refractivity contribution in [2.24, 2.45) is 0 Å². The molecule has 0 fully saturated rings. The van der Waals surface area contributed by atoms with E-state index < -0.39 is 14.4 Å². The Balaban J connectivity index is 1.83. The van der Waals surface area contributed by atoms with E-state index in [1.807, 2.05) is 36.4 Å². The summed E-state index contributed by atoms with van der Waals surface area (Å²) in [7, 11) is -2.58. The molecule has 160 valence electrons. The van der Waals surface area contributed by atoms with E-state index in [-0.39, 0.29) is 5.04 Å². The highest BCUT2D eigenvalue weighted by Crippen LogP contribution is 2.36. The molecule has 3 aromatic carbocycles. The Morgan fingerprint density at radius 3 is 2.00 bits per heavy atom. The normalized spacial score (nSPS) is 12.7. The van der Waals surface area contributed by atoms with E-state index in [9.17, 15) is 5.11 Å². The van der Waals surface area contributed by atoms with Gasteiger partial charge in [0.05, 0.1) is 0 Å². The van der Waals surface area contributed by atoms with E-state index >= 15 is 0 Å². The van der Waals surface area contributed by atoms with Crippen LogP contribution >= 0.6 is 15.9 Å². The lowest BCUT2D eigenvalue weighted by atomic mass is 10.2. The Labute approximate surface area is 195 Å². The molecule has 0 heterocycles. The summed E-state index contributed by atoms with van der Waals surface area (Å²) in [6.45, 7) is 7.20. The highest BCUT2D eigenvalue weighted by Gasteiger charge is 2.49. The summed E-state index contributed by atoms with van der Waals surface area (Å²) in [5.41, 5.74) is 0.876. The molecule has 0 spiro atoms.